The third-order valence-corrected chi connectivity index (χ3v) is 3.97. The van der Waals surface area contributed by atoms with Crippen molar-refractivity contribution in [3.63, 3.8) is 0 Å². The smallest absolute Gasteiger partial charge is 0.237 e. The molecule has 0 aromatic rings. The van der Waals surface area contributed by atoms with Crippen molar-refractivity contribution in [1.29, 1.82) is 0 Å². The normalized spacial score (nSPS) is 26.9. The highest BCUT2D eigenvalue weighted by Gasteiger charge is 2.36. The maximum atomic E-state index is 11.6. The van der Waals surface area contributed by atoms with Gasteiger partial charge in [0.2, 0.25) is 5.91 Å². The molecule has 5 heteroatoms. The second kappa shape index (κ2) is 6.68. The fourth-order valence-electron chi connectivity index (χ4n) is 2.37. The van der Waals surface area contributed by atoms with Crippen LogP contribution in [0.1, 0.15) is 45.4 Å². The molecular weight excluding hydrogens is 244 g/mol. The zero-order valence-electron chi connectivity index (χ0n) is 11.8. The second-order valence-electron chi connectivity index (χ2n) is 5.93. The van der Waals surface area contributed by atoms with Gasteiger partial charge in [-0.25, -0.2) is 0 Å². The summed E-state index contributed by atoms with van der Waals surface area (Å²) in [6, 6.07) is 0.458. The molecule has 2 aliphatic rings. The molecule has 0 bridgehead atoms. The third kappa shape index (κ3) is 4.75. The number of nitrogens with two attached hydrogens (primary N) is 1. The van der Waals surface area contributed by atoms with Crippen LogP contribution in [0.15, 0.2) is 0 Å². The fourth-order valence-corrected chi connectivity index (χ4v) is 2.37. The summed E-state index contributed by atoms with van der Waals surface area (Å²) in [5, 5.41) is 3.32. The summed E-state index contributed by atoms with van der Waals surface area (Å²) in [7, 11) is 0. The Morgan fingerprint density at radius 2 is 2.21 bits per heavy atom. The van der Waals surface area contributed by atoms with Crippen molar-refractivity contribution in [2.45, 2.75) is 63.1 Å². The molecule has 1 saturated heterocycles. The van der Waals surface area contributed by atoms with Crippen LogP contribution in [-0.2, 0) is 14.3 Å². The van der Waals surface area contributed by atoms with Gasteiger partial charge in [0.15, 0.2) is 0 Å². The van der Waals surface area contributed by atoms with Crippen LogP contribution in [0.3, 0.4) is 0 Å². The van der Waals surface area contributed by atoms with Gasteiger partial charge in [-0.2, -0.15) is 0 Å². The van der Waals surface area contributed by atoms with Gasteiger partial charge in [-0.1, -0.05) is 0 Å². The Labute approximate surface area is 115 Å². The largest absolute Gasteiger partial charge is 0.379 e. The van der Waals surface area contributed by atoms with E-state index in [-0.39, 0.29) is 12.0 Å². The summed E-state index contributed by atoms with van der Waals surface area (Å²) in [5.41, 5.74) is 4.85. The number of hydrogen-bond acceptors (Lipinski definition) is 4. The van der Waals surface area contributed by atoms with Crippen molar-refractivity contribution in [2.75, 3.05) is 19.8 Å². The lowest BCUT2D eigenvalue weighted by atomic mass is 9.97. The van der Waals surface area contributed by atoms with E-state index in [1.807, 2.05) is 6.92 Å². The molecule has 1 aliphatic carbocycles. The van der Waals surface area contributed by atoms with Crippen LogP contribution in [0.4, 0.5) is 0 Å². The number of carbonyl (C=O) groups excluding carboxylic acids is 1. The number of nitrogens with one attached hydrogen (secondary N) is 1. The monoisotopic (exact) mass is 270 g/mol. The number of rotatable bonds is 8. The molecule has 2 atom stereocenters. The van der Waals surface area contributed by atoms with Crippen LogP contribution in [0.5, 0.6) is 0 Å². The quantitative estimate of drug-likeness (QED) is 0.644. The predicted octanol–water partition coefficient (Wildman–Crippen LogP) is 0.958. The minimum atomic E-state index is -0.644. The molecule has 1 heterocycles. The van der Waals surface area contributed by atoms with Gasteiger partial charge in [-0.3, -0.25) is 4.79 Å². The van der Waals surface area contributed by atoms with E-state index in [0.29, 0.717) is 25.7 Å². The summed E-state index contributed by atoms with van der Waals surface area (Å²) in [5.74, 6) is -0.295. The van der Waals surface area contributed by atoms with Crippen LogP contribution in [-0.4, -0.2) is 43.4 Å². The molecule has 2 unspecified atom stereocenters. The Balaban J connectivity index is 1.65. The van der Waals surface area contributed by atoms with E-state index in [9.17, 15) is 4.79 Å². The Morgan fingerprint density at radius 1 is 1.42 bits per heavy atom. The van der Waals surface area contributed by atoms with E-state index in [4.69, 9.17) is 15.2 Å². The Kier molecular flexibility index (Phi) is 5.19. The highest BCUT2D eigenvalue weighted by Crippen LogP contribution is 2.24. The van der Waals surface area contributed by atoms with E-state index in [0.717, 1.165) is 32.3 Å². The lowest BCUT2D eigenvalue weighted by Gasteiger charge is -2.28. The van der Waals surface area contributed by atoms with E-state index in [2.05, 4.69) is 5.32 Å². The molecule has 5 nitrogen and oxygen atoms in total. The molecule has 0 spiro atoms. The van der Waals surface area contributed by atoms with Gasteiger partial charge < -0.3 is 20.5 Å². The average molecular weight is 270 g/mol. The van der Waals surface area contributed by atoms with Gasteiger partial charge in [0.25, 0.3) is 0 Å². The molecule has 0 aromatic carbocycles. The number of primary amides is 1. The maximum absolute atomic E-state index is 11.6. The molecule has 1 amide bonds. The summed E-state index contributed by atoms with van der Waals surface area (Å²) in [6.45, 7) is 3.88. The molecular formula is C14H26N2O3. The van der Waals surface area contributed by atoms with E-state index in [1.165, 1.54) is 6.42 Å². The van der Waals surface area contributed by atoms with E-state index in [1.54, 1.807) is 0 Å². The van der Waals surface area contributed by atoms with Gasteiger partial charge in [-0.05, 0) is 45.4 Å². The molecule has 2 rings (SSSR count). The highest BCUT2D eigenvalue weighted by atomic mass is 16.5. The number of carbonyl (C=O) groups is 1. The van der Waals surface area contributed by atoms with Crippen LogP contribution in [0, 0.1) is 0 Å². The lowest BCUT2D eigenvalue weighted by Crippen LogP contribution is -2.54. The van der Waals surface area contributed by atoms with Gasteiger partial charge in [0.1, 0.15) is 0 Å². The Morgan fingerprint density at radius 3 is 2.79 bits per heavy atom. The number of amides is 1. The molecule has 2 fully saturated rings. The SMILES string of the molecule is CC(CCOCC1CCCCO1)(NC1CC1)C(N)=O. The van der Waals surface area contributed by atoms with Gasteiger partial charge in [0, 0.05) is 19.3 Å². The number of ether oxygens (including phenoxy) is 2. The molecule has 3 N–H and O–H groups in total. The molecule has 19 heavy (non-hydrogen) atoms. The summed E-state index contributed by atoms with van der Waals surface area (Å²) in [6.07, 6.45) is 6.57. The van der Waals surface area contributed by atoms with Gasteiger partial charge >= 0.3 is 0 Å². The van der Waals surface area contributed by atoms with Crippen molar-refractivity contribution >= 4 is 5.91 Å². The minimum absolute atomic E-state index is 0.227. The van der Waals surface area contributed by atoms with Crippen molar-refractivity contribution < 1.29 is 14.3 Å². The maximum Gasteiger partial charge on any atom is 0.237 e. The topological polar surface area (TPSA) is 73.6 Å². The Hall–Kier alpha value is -0.650. The lowest BCUT2D eigenvalue weighted by molar-refractivity contribution is -0.125. The zero-order valence-corrected chi connectivity index (χ0v) is 11.8. The van der Waals surface area contributed by atoms with Crippen molar-refractivity contribution in [1.82, 2.24) is 5.32 Å². The van der Waals surface area contributed by atoms with Crippen LogP contribution in [0.25, 0.3) is 0 Å². The first kappa shape index (κ1) is 14.8. The molecule has 110 valence electrons. The fraction of sp³-hybridized carbons (Fsp3) is 0.929. The predicted molar refractivity (Wildman–Crippen MR) is 72.8 cm³/mol. The molecule has 1 saturated carbocycles. The average Bonchev–Trinajstić information content (AvgIpc) is 3.19. The third-order valence-electron chi connectivity index (χ3n) is 3.97. The highest BCUT2D eigenvalue weighted by molar-refractivity contribution is 5.84. The zero-order chi connectivity index (χ0) is 13.7. The first-order chi connectivity index (χ1) is 9.10. The van der Waals surface area contributed by atoms with Crippen molar-refractivity contribution in [2.24, 2.45) is 5.73 Å². The van der Waals surface area contributed by atoms with Crippen molar-refractivity contribution in [3.8, 4) is 0 Å². The van der Waals surface area contributed by atoms with Crippen LogP contribution in [0.2, 0.25) is 0 Å². The second-order valence-corrected chi connectivity index (χ2v) is 5.93. The molecule has 0 radical (unpaired) electrons. The van der Waals surface area contributed by atoms with E-state index >= 15 is 0 Å². The summed E-state index contributed by atoms with van der Waals surface area (Å²) >= 11 is 0. The first-order valence-corrected chi connectivity index (χ1v) is 7.37. The summed E-state index contributed by atoms with van der Waals surface area (Å²) in [4.78, 5) is 11.6. The van der Waals surface area contributed by atoms with Gasteiger partial charge in [0.05, 0.1) is 18.2 Å². The summed E-state index contributed by atoms with van der Waals surface area (Å²) < 4.78 is 11.2. The molecule has 0 aromatic heterocycles. The standard InChI is InChI=1S/C14H26N2O3/c1-14(13(15)17,16-11-5-6-11)7-9-18-10-12-4-2-3-8-19-12/h11-12,16H,2-10H2,1H3,(H2,15,17). The van der Waals surface area contributed by atoms with Crippen LogP contribution >= 0.6 is 0 Å². The van der Waals surface area contributed by atoms with Crippen LogP contribution < -0.4 is 11.1 Å². The first-order valence-electron chi connectivity index (χ1n) is 7.37. The van der Waals surface area contributed by atoms with E-state index < -0.39 is 5.54 Å². The molecule has 1 aliphatic heterocycles. The Bertz CT molecular complexity index is 301. The minimum Gasteiger partial charge on any atom is -0.379 e. The number of hydrogen-bond donors (Lipinski definition) is 2. The van der Waals surface area contributed by atoms with Gasteiger partial charge in [-0.15, -0.1) is 0 Å². The van der Waals surface area contributed by atoms with Crippen molar-refractivity contribution in [3.05, 3.63) is 0 Å².